The minimum absolute atomic E-state index is 0.182. The number of rotatable bonds is 6. The minimum Gasteiger partial charge on any atom is -0.492 e. The molecule has 1 amide bonds. The van der Waals surface area contributed by atoms with E-state index < -0.39 is 0 Å². The number of anilines is 1. The van der Waals surface area contributed by atoms with Crippen LogP contribution in [0.1, 0.15) is 41.7 Å². The zero-order valence-corrected chi connectivity index (χ0v) is 16.9. The Morgan fingerprint density at radius 1 is 1.20 bits per heavy atom. The van der Waals surface area contributed by atoms with Gasteiger partial charge in [0.2, 0.25) is 0 Å². The van der Waals surface area contributed by atoms with Crippen LogP contribution in [0.15, 0.2) is 54.7 Å². The molecule has 2 N–H and O–H groups in total. The van der Waals surface area contributed by atoms with Gasteiger partial charge in [-0.05, 0) is 69.3 Å². The molecule has 0 bridgehead atoms. The lowest BCUT2D eigenvalue weighted by Gasteiger charge is -2.24. The summed E-state index contributed by atoms with van der Waals surface area (Å²) in [4.78, 5) is 13.2. The maximum Gasteiger partial charge on any atom is 0.259 e. The fourth-order valence-electron chi connectivity index (χ4n) is 3.85. The standard InChI is InChI=1S/C23H25FN4O2/c1-2-30-21-6-4-3-5-20(21)27-23(29)19-15-26-28(18-9-7-17(24)8-10-18)22(19)16-11-13-25-14-12-16/h3-10,15-16,25H,2,11-14H2,1H3,(H,27,29). The molecule has 1 fully saturated rings. The first-order chi connectivity index (χ1) is 14.7. The molecule has 3 aromatic rings. The number of aromatic nitrogens is 2. The molecule has 0 unspecified atom stereocenters. The molecule has 0 aliphatic carbocycles. The van der Waals surface area contributed by atoms with Crippen molar-refractivity contribution in [2.75, 3.05) is 25.0 Å². The predicted octanol–water partition coefficient (Wildman–Crippen LogP) is 4.13. The number of ether oxygens (including phenoxy) is 1. The van der Waals surface area contributed by atoms with Gasteiger partial charge in [-0.1, -0.05) is 12.1 Å². The summed E-state index contributed by atoms with van der Waals surface area (Å²) in [7, 11) is 0. The number of benzene rings is 2. The lowest BCUT2D eigenvalue weighted by atomic mass is 9.91. The number of nitrogens with one attached hydrogen (secondary N) is 2. The molecule has 0 spiro atoms. The quantitative estimate of drug-likeness (QED) is 0.644. The summed E-state index contributed by atoms with van der Waals surface area (Å²) >= 11 is 0. The van der Waals surface area contributed by atoms with E-state index in [0.29, 0.717) is 23.6 Å². The second-order valence-corrected chi connectivity index (χ2v) is 7.24. The average molecular weight is 408 g/mol. The number of hydrogen-bond donors (Lipinski definition) is 2. The van der Waals surface area contributed by atoms with Crippen molar-refractivity contribution >= 4 is 11.6 Å². The van der Waals surface area contributed by atoms with Gasteiger partial charge in [-0.2, -0.15) is 5.10 Å². The highest BCUT2D eigenvalue weighted by molar-refractivity contribution is 6.05. The molecule has 30 heavy (non-hydrogen) atoms. The Morgan fingerprint density at radius 3 is 2.67 bits per heavy atom. The molecular formula is C23H25FN4O2. The summed E-state index contributed by atoms with van der Waals surface area (Å²) in [5, 5.41) is 10.8. The monoisotopic (exact) mass is 408 g/mol. The minimum atomic E-state index is -0.306. The molecule has 1 aliphatic heterocycles. The van der Waals surface area contributed by atoms with E-state index >= 15 is 0 Å². The van der Waals surface area contributed by atoms with Crippen LogP contribution >= 0.6 is 0 Å². The van der Waals surface area contributed by atoms with Crippen LogP contribution in [-0.2, 0) is 0 Å². The number of piperidine rings is 1. The van der Waals surface area contributed by atoms with Gasteiger partial charge in [0.15, 0.2) is 0 Å². The van der Waals surface area contributed by atoms with Crippen LogP contribution in [0.25, 0.3) is 5.69 Å². The van der Waals surface area contributed by atoms with Crippen molar-refractivity contribution in [2.45, 2.75) is 25.7 Å². The van der Waals surface area contributed by atoms with E-state index in [1.165, 1.54) is 12.1 Å². The van der Waals surface area contributed by atoms with Crippen LogP contribution < -0.4 is 15.4 Å². The van der Waals surface area contributed by atoms with Crippen molar-refractivity contribution in [3.63, 3.8) is 0 Å². The number of amides is 1. The molecule has 6 nitrogen and oxygen atoms in total. The predicted molar refractivity (Wildman–Crippen MR) is 114 cm³/mol. The van der Waals surface area contributed by atoms with Crippen molar-refractivity contribution in [3.05, 3.63) is 71.8 Å². The van der Waals surface area contributed by atoms with Crippen molar-refractivity contribution < 1.29 is 13.9 Å². The van der Waals surface area contributed by atoms with Crippen molar-refractivity contribution in [3.8, 4) is 11.4 Å². The summed E-state index contributed by atoms with van der Waals surface area (Å²) < 4.78 is 20.8. The van der Waals surface area contributed by atoms with Crippen LogP contribution in [-0.4, -0.2) is 35.4 Å². The maximum absolute atomic E-state index is 13.4. The molecule has 0 saturated carbocycles. The zero-order valence-electron chi connectivity index (χ0n) is 16.9. The van der Waals surface area contributed by atoms with E-state index in [1.807, 2.05) is 31.2 Å². The smallest absolute Gasteiger partial charge is 0.259 e. The Bertz CT molecular complexity index is 1010. The largest absolute Gasteiger partial charge is 0.492 e. The molecule has 0 radical (unpaired) electrons. The van der Waals surface area contributed by atoms with Gasteiger partial charge < -0.3 is 15.4 Å². The first-order valence-electron chi connectivity index (χ1n) is 10.2. The van der Waals surface area contributed by atoms with Crippen LogP contribution in [0.5, 0.6) is 5.75 Å². The van der Waals surface area contributed by atoms with Crippen LogP contribution in [0.3, 0.4) is 0 Å². The third-order valence-electron chi connectivity index (χ3n) is 5.28. The Hall–Kier alpha value is -3.19. The van der Waals surface area contributed by atoms with E-state index in [1.54, 1.807) is 23.0 Å². The topological polar surface area (TPSA) is 68.2 Å². The summed E-state index contributed by atoms with van der Waals surface area (Å²) in [6, 6.07) is 13.5. The molecule has 4 rings (SSSR count). The van der Waals surface area contributed by atoms with Gasteiger partial charge in [0.1, 0.15) is 11.6 Å². The highest BCUT2D eigenvalue weighted by Crippen LogP contribution is 2.31. The molecule has 2 aromatic carbocycles. The SMILES string of the molecule is CCOc1ccccc1NC(=O)c1cnn(-c2ccc(F)cc2)c1C1CCNCC1. The van der Waals surface area contributed by atoms with Crippen LogP contribution in [0.4, 0.5) is 10.1 Å². The van der Waals surface area contributed by atoms with Crippen LogP contribution in [0.2, 0.25) is 0 Å². The molecule has 1 aromatic heterocycles. The third kappa shape index (κ3) is 4.21. The first kappa shape index (κ1) is 20.1. The number of para-hydroxylation sites is 2. The van der Waals surface area contributed by atoms with Gasteiger partial charge in [0.25, 0.3) is 5.91 Å². The Labute approximate surface area is 175 Å². The van der Waals surface area contributed by atoms with Crippen LogP contribution in [0, 0.1) is 5.82 Å². The van der Waals surface area contributed by atoms with Gasteiger partial charge in [0, 0.05) is 5.92 Å². The van der Waals surface area contributed by atoms with Gasteiger partial charge in [0.05, 0.1) is 35.4 Å². The van der Waals surface area contributed by atoms with E-state index in [9.17, 15) is 9.18 Å². The molecule has 1 saturated heterocycles. The molecule has 1 aliphatic rings. The fourth-order valence-corrected chi connectivity index (χ4v) is 3.85. The molecule has 0 atom stereocenters. The summed E-state index contributed by atoms with van der Waals surface area (Å²) in [6.45, 7) is 4.18. The lowest BCUT2D eigenvalue weighted by molar-refractivity contribution is 0.102. The summed E-state index contributed by atoms with van der Waals surface area (Å²) in [6.07, 6.45) is 3.41. The number of carbonyl (C=O) groups excluding carboxylic acids is 1. The second kappa shape index (κ2) is 9.09. The first-order valence-corrected chi connectivity index (χ1v) is 10.2. The van der Waals surface area contributed by atoms with Crippen molar-refractivity contribution in [1.82, 2.24) is 15.1 Å². The Balaban J connectivity index is 1.70. The highest BCUT2D eigenvalue weighted by Gasteiger charge is 2.27. The Kier molecular flexibility index (Phi) is 6.09. The maximum atomic E-state index is 13.4. The van der Waals surface area contributed by atoms with Crippen molar-refractivity contribution in [2.24, 2.45) is 0 Å². The molecule has 7 heteroatoms. The second-order valence-electron chi connectivity index (χ2n) is 7.24. The summed E-state index contributed by atoms with van der Waals surface area (Å²) in [5.74, 6) is 0.272. The lowest BCUT2D eigenvalue weighted by Crippen LogP contribution is -2.29. The number of hydrogen-bond acceptors (Lipinski definition) is 4. The normalized spacial score (nSPS) is 14.5. The van der Waals surface area contributed by atoms with E-state index in [2.05, 4.69) is 15.7 Å². The van der Waals surface area contributed by atoms with Gasteiger partial charge >= 0.3 is 0 Å². The Morgan fingerprint density at radius 2 is 1.93 bits per heavy atom. The van der Waals surface area contributed by atoms with Gasteiger partial charge in [-0.15, -0.1) is 0 Å². The number of nitrogens with zero attached hydrogens (tertiary/aromatic N) is 2. The number of carbonyl (C=O) groups is 1. The molecule has 2 heterocycles. The zero-order chi connectivity index (χ0) is 20.9. The fraction of sp³-hybridized carbons (Fsp3) is 0.304. The van der Waals surface area contributed by atoms with E-state index in [0.717, 1.165) is 37.3 Å². The summed E-state index contributed by atoms with van der Waals surface area (Å²) in [5.41, 5.74) is 2.74. The molecular weight excluding hydrogens is 383 g/mol. The molecule has 156 valence electrons. The van der Waals surface area contributed by atoms with Gasteiger partial charge in [-0.3, -0.25) is 4.79 Å². The number of halogens is 1. The van der Waals surface area contributed by atoms with E-state index in [4.69, 9.17) is 4.74 Å². The van der Waals surface area contributed by atoms with Crippen molar-refractivity contribution in [1.29, 1.82) is 0 Å². The van der Waals surface area contributed by atoms with E-state index in [-0.39, 0.29) is 17.6 Å². The van der Waals surface area contributed by atoms with Gasteiger partial charge in [-0.25, -0.2) is 9.07 Å². The average Bonchev–Trinajstić information content (AvgIpc) is 3.22. The highest BCUT2D eigenvalue weighted by atomic mass is 19.1. The third-order valence-corrected chi connectivity index (χ3v) is 5.28.